The molecule has 0 spiro atoms. The first-order chi connectivity index (χ1) is 11.1. The number of fused-ring (bicyclic) bond motifs is 3. The molecule has 1 aliphatic rings. The van der Waals surface area contributed by atoms with Crippen molar-refractivity contribution in [2.75, 3.05) is 5.32 Å². The molecule has 4 rings (SSSR count). The zero-order chi connectivity index (χ0) is 16.0. The Morgan fingerprint density at radius 1 is 1.30 bits per heavy atom. The maximum Gasteiger partial charge on any atom is 0.223 e. The van der Waals surface area contributed by atoms with E-state index in [9.17, 15) is 4.79 Å². The van der Waals surface area contributed by atoms with Crippen LogP contribution in [-0.2, 0) is 11.2 Å². The molecule has 1 aromatic carbocycles. The van der Waals surface area contributed by atoms with Crippen LogP contribution in [0, 0.1) is 0 Å². The molecule has 0 bridgehead atoms. The lowest BCUT2D eigenvalue weighted by molar-refractivity contribution is -0.114. The number of rotatable bonds is 2. The molecule has 3 aromatic rings. The largest absolute Gasteiger partial charge is 0.302 e. The van der Waals surface area contributed by atoms with Crippen molar-refractivity contribution in [3.8, 4) is 22.0 Å². The van der Waals surface area contributed by atoms with Gasteiger partial charge in [0, 0.05) is 30.7 Å². The van der Waals surface area contributed by atoms with Crippen molar-refractivity contribution in [1.82, 2.24) is 15.0 Å². The van der Waals surface area contributed by atoms with E-state index in [1.54, 1.807) is 0 Å². The van der Waals surface area contributed by atoms with Crippen molar-refractivity contribution in [2.45, 2.75) is 13.3 Å². The van der Waals surface area contributed by atoms with Crippen LogP contribution in [0.5, 0.6) is 0 Å². The fourth-order valence-corrected chi connectivity index (χ4v) is 3.82. The van der Waals surface area contributed by atoms with Crippen LogP contribution in [0.2, 0.25) is 5.02 Å². The van der Waals surface area contributed by atoms with E-state index in [2.05, 4.69) is 20.3 Å². The summed E-state index contributed by atoms with van der Waals surface area (Å²) < 4.78 is 0. The highest BCUT2D eigenvalue weighted by molar-refractivity contribution is 7.19. The third kappa shape index (κ3) is 2.50. The van der Waals surface area contributed by atoms with Gasteiger partial charge in [-0.3, -0.25) is 4.79 Å². The quantitative estimate of drug-likeness (QED) is 0.602. The standard InChI is InChI=1S/C16H11ClN4OS/c1-8(22)19-16-20-12-6-9-7-18-15(21-13(9)14(12)23-16)10-4-2-3-5-11(10)17/h2-5,7H,6H2,1H3,(H,19,20,22). The van der Waals surface area contributed by atoms with Crippen LogP contribution in [0.3, 0.4) is 0 Å². The summed E-state index contributed by atoms with van der Waals surface area (Å²) in [4.78, 5) is 25.7. The van der Waals surface area contributed by atoms with Crippen LogP contribution >= 0.6 is 22.9 Å². The molecule has 0 aliphatic heterocycles. The number of benzene rings is 1. The molecule has 0 radical (unpaired) electrons. The average molecular weight is 343 g/mol. The maximum atomic E-state index is 11.2. The van der Waals surface area contributed by atoms with E-state index in [-0.39, 0.29) is 5.91 Å². The maximum absolute atomic E-state index is 11.2. The molecular weight excluding hydrogens is 332 g/mol. The van der Waals surface area contributed by atoms with Gasteiger partial charge in [0.2, 0.25) is 5.91 Å². The first-order valence-corrected chi connectivity index (χ1v) is 8.20. The van der Waals surface area contributed by atoms with Gasteiger partial charge in [-0.2, -0.15) is 0 Å². The topological polar surface area (TPSA) is 67.8 Å². The van der Waals surface area contributed by atoms with E-state index in [0.29, 0.717) is 22.4 Å². The SMILES string of the molecule is CC(=O)Nc1nc2c(s1)-c1nc(-c3ccccc3Cl)ncc1C2. The molecule has 1 N–H and O–H groups in total. The van der Waals surface area contributed by atoms with Crippen molar-refractivity contribution >= 4 is 34.0 Å². The summed E-state index contributed by atoms with van der Waals surface area (Å²) in [6, 6.07) is 7.50. The number of anilines is 1. The number of amides is 1. The summed E-state index contributed by atoms with van der Waals surface area (Å²) in [6.07, 6.45) is 2.51. The van der Waals surface area contributed by atoms with Gasteiger partial charge in [0.25, 0.3) is 0 Å². The molecule has 0 saturated carbocycles. The van der Waals surface area contributed by atoms with Crippen molar-refractivity contribution < 1.29 is 4.79 Å². The Labute approximate surface area is 141 Å². The van der Waals surface area contributed by atoms with E-state index >= 15 is 0 Å². The normalized spacial score (nSPS) is 11.9. The molecule has 0 fully saturated rings. The van der Waals surface area contributed by atoms with Gasteiger partial charge in [0.05, 0.1) is 21.3 Å². The Bertz CT molecular complexity index is 938. The number of nitrogens with one attached hydrogen (secondary N) is 1. The molecule has 2 aromatic heterocycles. The Morgan fingerprint density at radius 3 is 2.91 bits per heavy atom. The molecule has 7 heteroatoms. The molecule has 23 heavy (non-hydrogen) atoms. The number of carbonyl (C=O) groups is 1. The zero-order valence-corrected chi connectivity index (χ0v) is 13.7. The van der Waals surface area contributed by atoms with Crippen molar-refractivity contribution in [3.05, 3.63) is 46.7 Å². The molecule has 2 heterocycles. The molecule has 0 atom stereocenters. The van der Waals surface area contributed by atoms with Gasteiger partial charge in [-0.1, -0.05) is 35.1 Å². The Hall–Kier alpha value is -2.31. The minimum Gasteiger partial charge on any atom is -0.302 e. The zero-order valence-electron chi connectivity index (χ0n) is 12.1. The van der Waals surface area contributed by atoms with Crippen LogP contribution in [0.15, 0.2) is 30.5 Å². The lowest BCUT2D eigenvalue weighted by Crippen LogP contribution is -2.05. The monoisotopic (exact) mass is 342 g/mol. The molecule has 114 valence electrons. The number of thiazole rings is 1. The van der Waals surface area contributed by atoms with Gasteiger partial charge in [0.1, 0.15) is 0 Å². The lowest BCUT2D eigenvalue weighted by atomic mass is 10.2. The molecule has 0 unspecified atom stereocenters. The van der Waals surface area contributed by atoms with Gasteiger partial charge in [-0.25, -0.2) is 15.0 Å². The van der Waals surface area contributed by atoms with Crippen LogP contribution in [0.4, 0.5) is 5.13 Å². The van der Waals surface area contributed by atoms with E-state index in [4.69, 9.17) is 11.6 Å². The van der Waals surface area contributed by atoms with E-state index in [0.717, 1.165) is 27.4 Å². The minimum absolute atomic E-state index is 0.128. The minimum atomic E-state index is -0.128. The molecule has 0 saturated heterocycles. The summed E-state index contributed by atoms with van der Waals surface area (Å²) in [5.41, 5.74) is 3.65. The smallest absolute Gasteiger partial charge is 0.223 e. The first-order valence-electron chi connectivity index (χ1n) is 7.00. The second-order valence-electron chi connectivity index (χ2n) is 5.20. The predicted molar refractivity (Wildman–Crippen MR) is 90.7 cm³/mol. The summed E-state index contributed by atoms with van der Waals surface area (Å²) >= 11 is 7.67. The van der Waals surface area contributed by atoms with Crippen LogP contribution < -0.4 is 5.32 Å². The van der Waals surface area contributed by atoms with E-state index < -0.39 is 0 Å². The second kappa shape index (κ2) is 5.40. The third-order valence-electron chi connectivity index (χ3n) is 3.53. The summed E-state index contributed by atoms with van der Waals surface area (Å²) in [6.45, 7) is 1.47. The number of hydrogen-bond donors (Lipinski definition) is 1. The molecule has 1 amide bonds. The van der Waals surface area contributed by atoms with Crippen LogP contribution in [-0.4, -0.2) is 20.9 Å². The van der Waals surface area contributed by atoms with Crippen LogP contribution in [0.25, 0.3) is 22.0 Å². The second-order valence-corrected chi connectivity index (χ2v) is 6.61. The lowest BCUT2D eigenvalue weighted by Gasteiger charge is -2.05. The average Bonchev–Trinajstić information content (AvgIpc) is 3.03. The number of hydrogen-bond acceptors (Lipinski definition) is 5. The molecule has 1 aliphatic carbocycles. The first kappa shape index (κ1) is 14.3. The van der Waals surface area contributed by atoms with Gasteiger partial charge in [0.15, 0.2) is 11.0 Å². The van der Waals surface area contributed by atoms with Crippen molar-refractivity contribution in [2.24, 2.45) is 0 Å². The molecular formula is C16H11ClN4OS. The van der Waals surface area contributed by atoms with Crippen molar-refractivity contribution in [3.63, 3.8) is 0 Å². The highest BCUT2D eigenvalue weighted by atomic mass is 35.5. The highest BCUT2D eigenvalue weighted by Gasteiger charge is 2.26. The fraction of sp³-hybridized carbons (Fsp3) is 0.125. The number of aromatic nitrogens is 3. The summed E-state index contributed by atoms with van der Waals surface area (Å²) in [5, 5.41) is 3.95. The summed E-state index contributed by atoms with van der Waals surface area (Å²) in [5.74, 6) is 0.466. The number of nitrogens with zero attached hydrogens (tertiary/aromatic N) is 3. The Morgan fingerprint density at radius 2 is 2.13 bits per heavy atom. The van der Waals surface area contributed by atoms with E-state index in [1.165, 1.54) is 18.3 Å². The highest BCUT2D eigenvalue weighted by Crippen LogP contribution is 2.41. The fourth-order valence-electron chi connectivity index (χ4n) is 2.55. The van der Waals surface area contributed by atoms with Gasteiger partial charge >= 0.3 is 0 Å². The van der Waals surface area contributed by atoms with Crippen molar-refractivity contribution in [1.29, 1.82) is 0 Å². The third-order valence-corrected chi connectivity index (χ3v) is 4.88. The Kier molecular flexibility index (Phi) is 3.36. The number of halogens is 1. The van der Waals surface area contributed by atoms with Crippen LogP contribution in [0.1, 0.15) is 18.2 Å². The van der Waals surface area contributed by atoms with E-state index in [1.807, 2.05) is 30.5 Å². The van der Waals surface area contributed by atoms with Gasteiger partial charge in [-0.15, -0.1) is 0 Å². The number of carbonyl (C=O) groups excluding carboxylic acids is 1. The summed E-state index contributed by atoms with van der Waals surface area (Å²) in [7, 11) is 0. The Balaban J connectivity index is 1.78. The van der Waals surface area contributed by atoms with Gasteiger partial charge < -0.3 is 5.32 Å². The molecule has 5 nitrogen and oxygen atoms in total. The van der Waals surface area contributed by atoms with Gasteiger partial charge in [-0.05, 0) is 12.1 Å². The predicted octanol–water partition coefficient (Wildman–Crippen LogP) is 3.78.